The van der Waals surface area contributed by atoms with Crippen molar-refractivity contribution in [3.05, 3.63) is 0 Å². The molecule has 70 valence electrons. The van der Waals surface area contributed by atoms with E-state index < -0.39 is 5.92 Å². The Balaban J connectivity index is 2.35. The molecule has 0 spiro atoms. The zero-order valence-electron chi connectivity index (χ0n) is 7.45. The Hall–Kier alpha value is -1.19. The van der Waals surface area contributed by atoms with Gasteiger partial charge in [0.25, 0.3) is 0 Å². The minimum atomic E-state index is -0.647. The van der Waals surface area contributed by atoms with E-state index in [1.165, 1.54) is 7.05 Å². The van der Waals surface area contributed by atoms with Gasteiger partial charge in [0, 0.05) is 13.5 Å². The first-order chi connectivity index (χ1) is 6.13. The number of nitrogens with zero attached hydrogens (tertiary/aromatic N) is 1. The van der Waals surface area contributed by atoms with Crippen molar-refractivity contribution in [2.45, 2.75) is 19.3 Å². The topological polar surface area (TPSA) is 54.5 Å². The number of carbonyl (C=O) groups is 3. The van der Waals surface area contributed by atoms with Crippen LogP contribution in [0.15, 0.2) is 0 Å². The molecule has 1 aliphatic heterocycles. The van der Waals surface area contributed by atoms with Gasteiger partial charge in [0.05, 0.1) is 5.92 Å². The predicted octanol–water partition coefficient (Wildman–Crippen LogP) is -0.0296. The number of fused-ring (bicyclic) bond motifs is 1. The molecule has 4 heteroatoms. The SMILES string of the molecule is CN1C(=O)[C@H]2C(=O)CCC[C@H]2C1=O. The van der Waals surface area contributed by atoms with Crippen LogP contribution in [0.3, 0.4) is 0 Å². The van der Waals surface area contributed by atoms with E-state index in [1.54, 1.807) is 0 Å². The van der Waals surface area contributed by atoms with Gasteiger partial charge in [-0.15, -0.1) is 0 Å². The summed E-state index contributed by atoms with van der Waals surface area (Å²) in [4.78, 5) is 35.4. The van der Waals surface area contributed by atoms with Crippen LogP contribution >= 0.6 is 0 Å². The van der Waals surface area contributed by atoms with Crippen LogP contribution in [-0.4, -0.2) is 29.5 Å². The first-order valence-electron chi connectivity index (χ1n) is 4.47. The third-order valence-corrected chi connectivity index (χ3v) is 2.93. The Morgan fingerprint density at radius 2 is 1.92 bits per heavy atom. The molecule has 2 aliphatic rings. The minimum Gasteiger partial charge on any atom is -0.299 e. The number of imide groups is 1. The van der Waals surface area contributed by atoms with E-state index in [9.17, 15) is 14.4 Å². The highest BCUT2D eigenvalue weighted by molar-refractivity contribution is 6.15. The molecule has 0 aromatic rings. The monoisotopic (exact) mass is 181 g/mol. The van der Waals surface area contributed by atoms with Crippen LogP contribution in [0.4, 0.5) is 0 Å². The van der Waals surface area contributed by atoms with E-state index in [-0.39, 0.29) is 23.5 Å². The molecule has 0 aromatic heterocycles. The average Bonchev–Trinajstić information content (AvgIpc) is 2.33. The molecule has 2 atom stereocenters. The van der Waals surface area contributed by atoms with Gasteiger partial charge >= 0.3 is 0 Å². The van der Waals surface area contributed by atoms with E-state index in [4.69, 9.17) is 0 Å². The highest BCUT2D eigenvalue weighted by atomic mass is 16.2. The van der Waals surface area contributed by atoms with Crippen molar-refractivity contribution in [3.63, 3.8) is 0 Å². The molecule has 1 saturated carbocycles. The zero-order valence-corrected chi connectivity index (χ0v) is 7.45. The number of amides is 2. The maximum atomic E-state index is 11.4. The molecule has 0 unspecified atom stereocenters. The quantitative estimate of drug-likeness (QED) is 0.389. The summed E-state index contributed by atoms with van der Waals surface area (Å²) in [5.74, 6) is -1.54. The maximum absolute atomic E-state index is 11.4. The Bertz CT molecular complexity index is 297. The lowest BCUT2D eigenvalue weighted by atomic mass is 9.80. The summed E-state index contributed by atoms with van der Waals surface area (Å²) in [6.07, 6.45) is 1.88. The molecule has 2 amide bonds. The van der Waals surface area contributed by atoms with Gasteiger partial charge in [-0.2, -0.15) is 0 Å². The van der Waals surface area contributed by atoms with Crippen LogP contribution < -0.4 is 0 Å². The number of rotatable bonds is 0. The smallest absolute Gasteiger partial charge is 0.240 e. The third kappa shape index (κ3) is 1.01. The van der Waals surface area contributed by atoms with Crippen LogP contribution in [0, 0.1) is 11.8 Å². The number of ketones is 1. The van der Waals surface area contributed by atoms with Crippen molar-refractivity contribution in [1.82, 2.24) is 4.90 Å². The second-order valence-corrected chi connectivity index (χ2v) is 3.68. The summed E-state index contributed by atoms with van der Waals surface area (Å²) in [7, 11) is 1.45. The molecule has 1 heterocycles. The molecule has 0 N–H and O–H groups in total. The van der Waals surface area contributed by atoms with Crippen molar-refractivity contribution < 1.29 is 14.4 Å². The highest BCUT2D eigenvalue weighted by Gasteiger charge is 2.50. The van der Waals surface area contributed by atoms with Gasteiger partial charge in [0.15, 0.2) is 0 Å². The van der Waals surface area contributed by atoms with E-state index >= 15 is 0 Å². The summed E-state index contributed by atoms with van der Waals surface area (Å²) >= 11 is 0. The van der Waals surface area contributed by atoms with Gasteiger partial charge in [-0.1, -0.05) is 0 Å². The Morgan fingerprint density at radius 1 is 1.23 bits per heavy atom. The van der Waals surface area contributed by atoms with E-state index in [2.05, 4.69) is 0 Å². The van der Waals surface area contributed by atoms with Crippen molar-refractivity contribution in [3.8, 4) is 0 Å². The molecule has 13 heavy (non-hydrogen) atoms. The molecule has 0 radical (unpaired) electrons. The van der Waals surface area contributed by atoms with Crippen molar-refractivity contribution in [2.24, 2.45) is 11.8 Å². The number of carbonyl (C=O) groups excluding carboxylic acids is 3. The second-order valence-electron chi connectivity index (χ2n) is 3.68. The lowest BCUT2D eigenvalue weighted by molar-refractivity contribution is -0.139. The first kappa shape index (κ1) is 8.41. The first-order valence-corrected chi connectivity index (χ1v) is 4.47. The van der Waals surface area contributed by atoms with Crippen molar-refractivity contribution in [2.75, 3.05) is 7.05 Å². The fourth-order valence-corrected chi connectivity index (χ4v) is 2.18. The summed E-state index contributed by atoms with van der Waals surface area (Å²) in [6, 6.07) is 0. The van der Waals surface area contributed by atoms with Gasteiger partial charge in [-0.25, -0.2) is 0 Å². The number of hydrogen-bond acceptors (Lipinski definition) is 3. The van der Waals surface area contributed by atoms with E-state index in [1.807, 2.05) is 0 Å². The largest absolute Gasteiger partial charge is 0.299 e. The van der Waals surface area contributed by atoms with Crippen LogP contribution in [-0.2, 0) is 14.4 Å². The van der Waals surface area contributed by atoms with Gasteiger partial charge in [0.2, 0.25) is 11.8 Å². The Labute approximate surface area is 75.9 Å². The highest BCUT2D eigenvalue weighted by Crippen LogP contribution is 2.34. The molecule has 2 fully saturated rings. The Kier molecular flexibility index (Phi) is 1.71. The lowest BCUT2D eigenvalue weighted by Gasteiger charge is -2.18. The second kappa shape index (κ2) is 2.65. The van der Waals surface area contributed by atoms with Crippen LogP contribution in [0.2, 0.25) is 0 Å². The number of hydrogen-bond donors (Lipinski definition) is 0. The predicted molar refractivity (Wildman–Crippen MR) is 43.6 cm³/mol. The molecule has 0 bridgehead atoms. The summed E-state index contributed by atoms with van der Waals surface area (Å²) in [6.45, 7) is 0. The average molecular weight is 181 g/mol. The zero-order chi connectivity index (χ0) is 9.59. The molecular formula is C9H11NO3. The molecule has 4 nitrogen and oxygen atoms in total. The lowest BCUT2D eigenvalue weighted by Crippen LogP contribution is -2.31. The van der Waals surface area contributed by atoms with Crippen LogP contribution in [0.25, 0.3) is 0 Å². The molecule has 2 rings (SSSR count). The van der Waals surface area contributed by atoms with Crippen LogP contribution in [0.1, 0.15) is 19.3 Å². The number of Topliss-reactive ketones (excluding diaryl/α,β-unsaturated/α-hetero) is 1. The molecular weight excluding hydrogens is 170 g/mol. The fourth-order valence-electron chi connectivity index (χ4n) is 2.18. The summed E-state index contributed by atoms with van der Waals surface area (Å²) in [5.41, 5.74) is 0. The van der Waals surface area contributed by atoms with E-state index in [0.717, 1.165) is 11.3 Å². The standard InChI is InChI=1S/C9H11NO3/c1-10-8(12)5-3-2-4-6(11)7(5)9(10)13/h5,7H,2-4H2,1H3/t5-,7-/m1/s1. The number of likely N-dealkylation sites (tertiary alicyclic amines) is 1. The Morgan fingerprint density at radius 3 is 2.54 bits per heavy atom. The van der Waals surface area contributed by atoms with E-state index in [0.29, 0.717) is 12.8 Å². The molecule has 0 aromatic carbocycles. The van der Waals surface area contributed by atoms with Gasteiger partial charge in [-0.3, -0.25) is 19.3 Å². The van der Waals surface area contributed by atoms with Crippen LogP contribution in [0.5, 0.6) is 0 Å². The molecule has 1 saturated heterocycles. The maximum Gasteiger partial charge on any atom is 0.240 e. The normalized spacial score (nSPS) is 33.9. The summed E-state index contributed by atoms with van der Waals surface area (Å²) in [5, 5.41) is 0. The molecule has 1 aliphatic carbocycles. The van der Waals surface area contributed by atoms with Gasteiger partial charge in [0.1, 0.15) is 11.7 Å². The van der Waals surface area contributed by atoms with Crippen molar-refractivity contribution in [1.29, 1.82) is 0 Å². The summed E-state index contributed by atoms with van der Waals surface area (Å²) < 4.78 is 0. The van der Waals surface area contributed by atoms with Crippen molar-refractivity contribution >= 4 is 17.6 Å². The fraction of sp³-hybridized carbons (Fsp3) is 0.667. The minimum absolute atomic E-state index is 0.0565. The van der Waals surface area contributed by atoms with Gasteiger partial charge < -0.3 is 0 Å². The third-order valence-electron chi connectivity index (χ3n) is 2.93. The van der Waals surface area contributed by atoms with Gasteiger partial charge in [-0.05, 0) is 12.8 Å².